The van der Waals surface area contributed by atoms with E-state index in [9.17, 15) is 18.0 Å². The van der Waals surface area contributed by atoms with Crippen LogP contribution >= 0.6 is 0 Å². The molecule has 0 aromatic heterocycles. The summed E-state index contributed by atoms with van der Waals surface area (Å²) in [6.45, 7) is 6.31. The van der Waals surface area contributed by atoms with Crippen LogP contribution in [0, 0.1) is 19.8 Å². The predicted octanol–water partition coefficient (Wildman–Crippen LogP) is 3.45. The quantitative estimate of drug-likeness (QED) is 0.642. The normalized spacial score (nSPS) is 17.0. The van der Waals surface area contributed by atoms with Crippen LogP contribution in [0.5, 0.6) is 0 Å². The summed E-state index contributed by atoms with van der Waals surface area (Å²) in [4.78, 5) is 24.7. The molecule has 7 nitrogen and oxygen atoms in total. The molecule has 8 heteroatoms. The van der Waals surface area contributed by atoms with E-state index in [1.165, 1.54) is 4.31 Å². The zero-order valence-corrected chi connectivity index (χ0v) is 19.6. The maximum Gasteiger partial charge on any atom is 0.310 e. The second-order valence-corrected chi connectivity index (χ2v) is 10.0. The van der Waals surface area contributed by atoms with E-state index in [1.54, 1.807) is 44.2 Å². The smallest absolute Gasteiger partial charge is 0.310 e. The molecule has 0 unspecified atom stereocenters. The van der Waals surface area contributed by atoms with Gasteiger partial charge in [0.15, 0.2) is 0 Å². The monoisotopic (exact) mass is 458 g/mol. The number of sulfonamides is 1. The molecule has 1 amide bonds. The van der Waals surface area contributed by atoms with Crippen molar-refractivity contribution in [3.05, 3.63) is 59.2 Å². The van der Waals surface area contributed by atoms with Crippen LogP contribution < -0.4 is 5.32 Å². The van der Waals surface area contributed by atoms with Crippen molar-refractivity contribution in [3.8, 4) is 0 Å². The van der Waals surface area contributed by atoms with Crippen molar-refractivity contribution in [3.63, 3.8) is 0 Å². The Kier molecular flexibility index (Phi) is 7.69. The van der Waals surface area contributed by atoms with Crippen molar-refractivity contribution in [2.24, 2.45) is 5.92 Å². The fourth-order valence-electron chi connectivity index (χ4n) is 3.83. The van der Waals surface area contributed by atoms with Gasteiger partial charge in [-0.15, -0.1) is 0 Å². The Morgan fingerprint density at radius 2 is 1.84 bits per heavy atom. The van der Waals surface area contributed by atoms with Gasteiger partial charge in [-0.2, -0.15) is 4.31 Å². The van der Waals surface area contributed by atoms with E-state index in [4.69, 9.17) is 4.74 Å². The minimum atomic E-state index is -3.67. The van der Waals surface area contributed by atoms with Gasteiger partial charge >= 0.3 is 5.97 Å². The van der Waals surface area contributed by atoms with Crippen LogP contribution in [0.15, 0.2) is 47.4 Å². The van der Waals surface area contributed by atoms with Crippen LogP contribution in [0.25, 0.3) is 0 Å². The number of hydrogen-bond donors (Lipinski definition) is 1. The third-order valence-electron chi connectivity index (χ3n) is 5.59. The number of nitrogens with zero attached hydrogens (tertiary/aromatic N) is 1. The molecule has 32 heavy (non-hydrogen) atoms. The summed E-state index contributed by atoms with van der Waals surface area (Å²) in [7, 11) is -3.67. The van der Waals surface area contributed by atoms with Gasteiger partial charge in [0.05, 0.1) is 23.8 Å². The van der Waals surface area contributed by atoms with E-state index in [0.29, 0.717) is 42.1 Å². The minimum Gasteiger partial charge on any atom is -0.466 e. The maximum atomic E-state index is 13.2. The number of nitrogens with one attached hydrogen (secondary N) is 1. The summed E-state index contributed by atoms with van der Waals surface area (Å²) in [6.07, 6.45) is 1.43. The molecule has 1 aliphatic heterocycles. The van der Waals surface area contributed by atoms with Gasteiger partial charge in [-0.3, -0.25) is 9.59 Å². The average Bonchev–Trinajstić information content (AvgIpc) is 2.77. The van der Waals surface area contributed by atoms with Crippen LogP contribution in [-0.2, 0) is 30.8 Å². The van der Waals surface area contributed by atoms with Crippen molar-refractivity contribution in [1.29, 1.82) is 0 Å². The largest absolute Gasteiger partial charge is 0.466 e. The highest BCUT2D eigenvalue weighted by atomic mass is 32.2. The van der Waals surface area contributed by atoms with Crippen molar-refractivity contribution < 1.29 is 22.7 Å². The van der Waals surface area contributed by atoms with Crippen molar-refractivity contribution in [1.82, 2.24) is 4.31 Å². The fourth-order valence-corrected chi connectivity index (χ4v) is 5.66. The Bertz CT molecular complexity index is 1080. The topological polar surface area (TPSA) is 92.8 Å². The molecule has 1 fully saturated rings. The third kappa shape index (κ3) is 5.75. The van der Waals surface area contributed by atoms with Gasteiger partial charge in [-0.25, -0.2) is 8.42 Å². The molecule has 172 valence electrons. The molecule has 1 aliphatic rings. The number of rotatable bonds is 7. The number of hydrogen-bond acceptors (Lipinski definition) is 5. The Morgan fingerprint density at radius 3 is 2.53 bits per heavy atom. The zero-order chi connectivity index (χ0) is 23.3. The second-order valence-electron chi connectivity index (χ2n) is 8.14. The molecule has 3 rings (SSSR count). The van der Waals surface area contributed by atoms with Crippen LogP contribution in [0.2, 0.25) is 0 Å². The highest BCUT2D eigenvalue weighted by Crippen LogP contribution is 2.27. The second kappa shape index (κ2) is 10.3. The van der Waals surface area contributed by atoms with Gasteiger partial charge in [0.25, 0.3) is 0 Å². The molecule has 1 atom stereocenters. The van der Waals surface area contributed by atoms with Crippen molar-refractivity contribution in [2.75, 3.05) is 25.0 Å². The van der Waals surface area contributed by atoms with Crippen LogP contribution in [-0.4, -0.2) is 44.3 Å². The number of amides is 1. The van der Waals surface area contributed by atoms with Gasteiger partial charge in [0.2, 0.25) is 15.9 Å². The molecule has 1 heterocycles. The lowest BCUT2D eigenvalue weighted by Crippen LogP contribution is -2.43. The van der Waals surface area contributed by atoms with Gasteiger partial charge in [0, 0.05) is 18.8 Å². The van der Waals surface area contributed by atoms with Crippen molar-refractivity contribution in [2.45, 2.75) is 44.9 Å². The first-order valence-corrected chi connectivity index (χ1v) is 12.3. The highest BCUT2D eigenvalue weighted by Gasteiger charge is 2.34. The van der Waals surface area contributed by atoms with E-state index in [-0.39, 0.29) is 24.8 Å². The lowest BCUT2D eigenvalue weighted by atomic mass is 9.98. The first-order valence-electron chi connectivity index (χ1n) is 10.8. The zero-order valence-electron chi connectivity index (χ0n) is 18.8. The molecule has 1 saturated heterocycles. The molecule has 0 radical (unpaired) electrons. The number of aryl methyl sites for hydroxylation is 2. The number of carbonyl (C=O) groups excluding carboxylic acids is 2. The summed E-state index contributed by atoms with van der Waals surface area (Å²) in [5, 5.41) is 2.87. The first kappa shape index (κ1) is 23.9. The Hall–Kier alpha value is -2.71. The van der Waals surface area contributed by atoms with Crippen LogP contribution in [0.3, 0.4) is 0 Å². The molecule has 2 aromatic carbocycles. The Morgan fingerprint density at radius 1 is 1.12 bits per heavy atom. The minimum absolute atomic E-state index is 0.155. The van der Waals surface area contributed by atoms with Gasteiger partial charge < -0.3 is 10.1 Å². The molecule has 0 spiro atoms. The summed E-state index contributed by atoms with van der Waals surface area (Å²) in [6, 6.07) is 12.4. The standard InChI is InChI=1S/C24H30N2O5S/c1-4-31-23(27)15-19-9-11-21(12-10-19)25-24(28)20-6-5-13-26(16-20)32(29,30)22-14-17(2)7-8-18(22)3/h7-12,14,20H,4-6,13,15-16H2,1-3H3,(H,25,28)/t20-/m0/s1. The maximum absolute atomic E-state index is 13.2. The summed E-state index contributed by atoms with van der Waals surface area (Å²) >= 11 is 0. The lowest BCUT2D eigenvalue weighted by molar-refractivity contribution is -0.142. The summed E-state index contributed by atoms with van der Waals surface area (Å²) in [5.41, 5.74) is 2.99. The predicted molar refractivity (Wildman–Crippen MR) is 123 cm³/mol. The van der Waals surface area contributed by atoms with Crippen LogP contribution in [0.4, 0.5) is 5.69 Å². The molecule has 2 aromatic rings. The summed E-state index contributed by atoms with van der Waals surface area (Å²) < 4.78 is 32.8. The Balaban J connectivity index is 1.65. The summed E-state index contributed by atoms with van der Waals surface area (Å²) in [5.74, 6) is -0.927. The number of ether oxygens (including phenoxy) is 1. The van der Waals surface area contributed by atoms with E-state index in [1.807, 2.05) is 19.1 Å². The number of benzene rings is 2. The SMILES string of the molecule is CCOC(=O)Cc1ccc(NC(=O)[C@H]2CCCN(S(=O)(=O)c3cc(C)ccc3C)C2)cc1. The molecule has 1 N–H and O–H groups in total. The van der Waals surface area contributed by atoms with E-state index >= 15 is 0 Å². The Labute approximate surface area is 189 Å². The number of carbonyl (C=O) groups is 2. The lowest BCUT2D eigenvalue weighted by Gasteiger charge is -2.31. The van der Waals surface area contributed by atoms with E-state index < -0.39 is 15.9 Å². The average molecular weight is 459 g/mol. The fraction of sp³-hybridized carbons (Fsp3) is 0.417. The van der Waals surface area contributed by atoms with Gasteiger partial charge in [-0.1, -0.05) is 24.3 Å². The van der Waals surface area contributed by atoms with Crippen molar-refractivity contribution >= 4 is 27.6 Å². The first-order chi connectivity index (χ1) is 15.2. The number of piperidine rings is 1. The molecular formula is C24H30N2O5S. The van der Waals surface area contributed by atoms with Gasteiger partial charge in [-0.05, 0) is 68.5 Å². The van der Waals surface area contributed by atoms with E-state index in [2.05, 4.69) is 5.32 Å². The molecular weight excluding hydrogens is 428 g/mol. The third-order valence-corrected chi connectivity index (χ3v) is 7.60. The number of anilines is 1. The number of esters is 1. The van der Waals surface area contributed by atoms with Crippen LogP contribution in [0.1, 0.15) is 36.5 Å². The molecule has 0 saturated carbocycles. The van der Waals surface area contributed by atoms with E-state index in [0.717, 1.165) is 11.1 Å². The molecule has 0 aliphatic carbocycles. The van der Waals surface area contributed by atoms with Gasteiger partial charge in [0.1, 0.15) is 0 Å². The molecule has 0 bridgehead atoms. The highest BCUT2D eigenvalue weighted by molar-refractivity contribution is 7.89.